The number of alkyl carbamates (subject to hydrolysis) is 1. The number of hydrogen-bond donors (Lipinski definition) is 2. The standard InChI is InChI=1S/C14H22N4O2S/c1-9-11(18-5-6-21-12(18)17-9)10(7-15)8-16-13(19)20-14(2,3)4/h5-6,10H,7-8,15H2,1-4H3,(H,16,19). The number of rotatable bonds is 4. The van der Waals surface area contributed by atoms with Crippen LogP contribution in [0.4, 0.5) is 4.79 Å². The van der Waals surface area contributed by atoms with Crippen LogP contribution in [0.2, 0.25) is 0 Å². The van der Waals surface area contributed by atoms with Crippen LogP contribution in [0, 0.1) is 6.92 Å². The Hall–Kier alpha value is -1.60. The molecule has 21 heavy (non-hydrogen) atoms. The Morgan fingerprint density at radius 3 is 2.90 bits per heavy atom. The number of imidazole rings is 1. The normalized spacial score (nSPS) is 13.4. The molecule has 0 aromatic carbocycles. The van der Waals surface area contributed by atoms with Gasteiger partial charge in [0.25, 0.3) is 0 Å². The number of nitrogens with two attached hydrogens (primary N) is 1. The molecule has 0 saturated heterocycles. The Bertz CT molecular complexity index is 626. The van der Waals surface area contributed by atoms with E-state index in [1.165, 1.54) is 0 Å². The number of aryl methyl sites for hydroxylation is 1. The van der Waals surface area contributed by atoms with Crippen molar-refractivity contribution in [3.63, 3.8) is 0 Å². The Morgan fingerprint density at radius 1 is 1.57 bits per heavy atom. The van der Waals surface area contributed by atoms with Crippen molar-refractivity contribution in [1.82, 2.24) is 14.7 Å². The molecule has 0 radical (unpaired) electrons. The summed E-state index contributed by atoms with van der Waals surface area (Å²) in [6.45, 7) is 8.33. The highest BCUT2D eigenvalue weighted by atomic mass is 32.1. The van der Waals surface area contributed by atoms with Crippen LogP contribution in [0.5, 0.6) is 0 Å². The van der Waals surface area contributed by atoms with E-state index in [4.69, 9.17) is 10.5 Å². The van der Waals surface area contributed by atoms with Gasteiger partial charge in [0, 0.05) is 30.6 Å². The molecule has 2 rings (SSSR count). The van der Waals surface area contributed by atoms with E-state index in [-0.39, 0.29) is 5.92 Å². The largest absolute Gasteiger partial charge is 0.444 e. The van der Waals surface area contributed by atoms with Crippen LogP contribution < -0.4 is 11.1 Å². The predicted molar refractivity (Wildman–Crippen MR) is 83.8 cm³/mol. The van der Waals surface area contributed by atoms with Gasteiger partial charge in [0.05, 0.1) is 11.4 Å². The molecule has 2 heterocycles. The monoisotopic (exact) mass is 310 g/mol. The van der Waals surface area contributed by atoms with Crippen LogP contribution >= 0.6 is 11.3 Å². The number of thiazole rings is 1. The number of nitrogens with one attached hydrogen (secondary N) is 1. The second-order valence-electron chi connectivity index (χ2n) is 5.95. The van der Waals surface area contributed by atoms with Crippen molar-refractivity contribution in [3.8, 4) is 0 Å². The van der Waals surface area contributed by atoms with E-state index in [0.717, 1.165) is 16.3 Å². The van der Waals surface area contributed by atoms with E-state index in [2.05, 4.69) is 10.3 Å². The molecule has 0 fully saturated rings. The minimum absolute atomic E-state index is 0.00196. The van der Waals surface area contributed by atoms with Crippen molar-refractivity contribution < 1.29 is 9.53 Å². The summed E-state index contributed by atoms with van der Waals surface area (Å²) in [5, 5.41) is 4.77. The van der Waals surface area contributed by atoms with Crippen molar-refractivity contribution in [2.45, 2.75) is 39.2 Å². The third-order valence-electron chi connectivity index (χ3n) is 3.05. The Balaban J connectivity index is 2.08. The molecule has 0 aliphatic carbocycles. The van der Waals surface area contributed by atoms with Gasteiger partial charge in [-0.2, -0.15) is 0 Å². The summed E-state index contributed by atoms with van der Waals surface area (Å²) in [6.07, 6.45) is 1.55. The number of fused-ring (bicyclic) bond motifs is 1. The van der Waals surface area contributed by atoms with Crippen LogP contribution in [-0.2, 0) is 4.74 Å². The maximum atomic E-state index is 11.8. The lowest BCUT2D eigenvalue weighted by molar-refractivity contribution is 0.0524. The van der Waals surface area contributed by atoms with E-state index in [9.17, 15) is 4.79 Å². The fraction of sp³-hybridized carbons (Fsp3) is 0.571. The lowest BCUT2D eigenvalue weighted by Gasteiger charge is -2.21. The molecule has 0 spiro atoms. The maximum Gasteiger partial charge on any atom is 0.407 e. The van der Waals surface area contributed by atoms with Gasteiger partial charge >= 0.3 is 6.09 Å². The Labute approximate surface area is 128 Å². The van der Waals surface area contributed by atoms with E-state index in [1.807, 2.05) is 43.7 Å². The molecule has 0 aliphatic rings. The second kappa shape index (κ2) is 6.03. The molecule has 7 heteroatoms. The predicted octanol–water partition coefficient (Wildman–Crippen LogP) is 2.27. The maximum absolute atomic E-state index is 11.8. The summed E-state index contributed by atoms with van der Waals surface area (Å²) in [5.74, 6) is 0.00196. The van der Waals surface area contributed by atoms with E-state index < -0.39 is 11.7 Å². The minimum atomic E-state index is -0.505. The van der Waals surface area contributed by atoms with Crippen LogP contribution in [0.25, 0.3) is 4.96 Å². The number of hydrogen-bond acceptors (Lipinski definition) is 5. The van der Waals surface area contributed by atoms with Crippen LogP contribution in [0.15, 0.2) is 11.6 Å². The topological polar surface area (TPSA) is 81.7 Å². The van der Waals surface area contributed by atoms with Gasteiger partial charge in [0.1, 0.15) is 5.60 Å². The summed E-state index contributed by atoms with van der Waals surface area (Å²) in [7, 11) is 0. The van der Waals surface area contributed by atoms with Gasteiger partial charge in [-0.1, -0.05) is 0 Å². The van der Waals surface area contributed by atoms with Crippen LogP contribution in [0.3, 0.4) is 0 Å². The number of nitrogens with zero attached hydrogens (tertiary/aromatic N) is 2. The Morgan fingerprint density at radius 2 is 2.29 bits per heavy atom. The van der Waals surface area contributed by atoms with Gasteiger partial charge in [0.15, 0.2) is 4.96 Å². The molecule has 3 N–H and O–H groups in total. The molecule has 2 aromatic rings. The highest BCUT2D eigenvalue weighted by molar-refractivity contribution is 7.15. The van der Waals surface area contributed by atoms with Crippen LogP contribution in [0.1, 0.15) is 38.1 Å². The summed E-state index contributed by atoms with van der Waals surface area (Å²) in [4.78, 5) is 17.2. The van der Waals surface area contributed by atoms with Crippen molar-refractivity contribution in [2.24, 2.45) is 5.73 Å². The quantitative estimate of drug-likeness (QED) is 0.907. The number of amides is 1. The average Bonchev–Trinajstić information content (AvgIpc) is 2.89. The average molecular weight is 310 g/mol. The summed E-state index contributed by atoms with van der Waals surface area (Å²) in [6, 6.07) is 0. The minimum Gasteiger partial charge on any atom is -0.444 e. The molecule has 1 unspecified atom stereocenters. The molecule has 0 bridgehead atoms. The summed E-state index contributed by atoms with van der Waals surface area (Å²) >= 11 is 1.58. The fourth-order valence-electron chi connectivity index (χ4n) is 2.22. The van der Waals surface area contributed by atoms with Gasteiger partial charge in [-0.3, -0.25) is 4.40 Å². The third kappa shape index (κ3) is 3.74. The van der Waals surface area contributed by atoms with Gasteiger partial charge < -0.3 is 15.8 Å². The number of carbonyl (C=O) groups is 1. The van der Waals surface area contributed by atoms with Crippen molar-refractivity contribution in [2.75, 3.05) is 13.1 Å². The lowest BCUT2D eigenvalue weighted by Crippen LogP contribution is -2.36. The van der Waals surface area contributed by atoms with Gasteiger partial charge in [0.2, 0.25) is 0 Å². The molecule has 116 valence electrons. The van der Waals surface area contributed by atoms with Crippen molar-refractivity contribution in [1.29, 1.82) is 0 Å². The van der Waals surface area contributed by atoms with Crippen molar-refractivity contribution in [3.05, 3.63) is 23.0 Å². The summed E-state index contributed by atoms with van der Waals surface area (Å²) < 4.78 is 7.28. The molecule has 0 aliphatic heterocycles. The fourth-order valence-corrected chi connectivity index (χ4v) is 2.98. The SMILES string of the molecule is Cc1nc2sccn2c1C(CN)CNC(=O)OC(C)(C)C. The van der Waals surface area contributed by atoms with Gasteiger partial charge in [-0.15, -0.1) is 11.3 Å². The molecule has 1 atom stereocenters. The van der Waals surface area contributed by atoms with E-state index in [0.29, 0.717) is 13.1 Å². The van der Waals surface area contributed by atoms with Crippen LogP contribution in [-0.4, -0.2) is 34.2 Å². The van der Waals surface area contributed by atoms with E-state index in [1.54, 1.807) is 11.3 Å². The van der Waals surface area contributed by atoms with Gasteiger partial charge in [-0.25, -0.2) is 9.78 Å². The van der Waals surface area contributed by atoms with Crippen molar-refractivity contribution >= 4 is 22.4 Å². The highest BCUT2D eigenvalue weighted by Gasteiger charge is 2.21. The zero-order valence-electron chi connectivity index (χ0n) is 12.8. The first-order valence-corrected chi connectivity index (χ1v) is 7.78. The van der Waals surface area contributed by atoms with Gasteiger partial charge in [-0.05, 0) is 27.7 Å². The molecule has 0 saturated carbocycles. The first kappa shape index (κ1) is 15.8. The molecule has 6 nitrogen and oxygen atoms in total. The number of ether oxygens (including phenoxy) is 1. The number of aromatic nitrogens is 2. The third-order valence-corrected chi connectivity index (χ3v) is 3.80. The smallest absolute Gasteiger partial charge is 0.407 e. The second-order valence-corrected chi connectivity index (χ2v) is 6.83. The molecular weight excluding hydrogens is 288 g/mol. The number of carbonyl (C=O) groups excluding carboxylic acids is 1. The first-order chi connectivity index (χ1) is 9.81. The zero-order valence-corrected chi connectivity index (χ0v) is 13.7. The zero-order chi connectivity index (χ0) is 15.6. The lowest BCUT2D eigenvalue weighted by atomic mass is 10.0. The summed E-state index contributed by atoms with van der Waals surface area (Å²) in [5.41, 5.74) is 7.37. The molecule has 2 aromatic heterocycles. The highest BCUT2D eigenvalue weighted by Crippen LogP contribution is 2.23. The molecular formula is C14H22N4O2S. The van der Waals surface area contributed by atoms with E-state index >= 15 is 0 Å². The Kier molecular flexibility index (Phi) is 4.53. The molecule has 1 amide bonds. The first-order valence-electron chi connectivity index (χ1n) is 6.91.